The number of aromatic nitrogens is 1. The second-order valence-corrected chi connectivity index (χ2v) is 10.2. The molecule has 4 saturated carbocycles. The molecule has 0 unspecified atom stereocenters. The van der Waals surface area contributed by atoms with Crippen LogP contribution in [0.1, 0.15) is 38.5 Å². The molecule has 4 aliphatic rings. The Morgan fingerprint density at radius 2 is 1.79 bits per heavy atom. The van der Waals surface area contributed by atoms with Gasteiger partial charge in [0.2, 0.25) is 0 Å². The number of hydrogen-bond donors (Lipinski definition) is 0. The van der Waals surface area contributed by atoms with Crippen LogP contribution in [0.5, 0.6) is 0 Å². The number of thiazole rings is 1. The van der Waals surface area contributed by atoms with Crippen LogP contribution in [0.4, 0.5) is 4.39 Å². The maximum absolute atomic E-state index is 13.4. The minimum absolute atomic E-state index is 0.0790. The molecular weight excluding hydrogens is 387 g/mol. The first kappa shape index (κ1) is 19.2. The maximum Gasteiger partial charge on any atom is 0.254 e. The van der Waals surface area contributed by atoms with E-state index in [0.29, 0.717) is 13.2 Å². The van der Waals surface area contributed by atoms with Crippen LogP contribution in [0.3, 0.4) is 0 Å². The van der Waals surface area contributed by atoms with Crippen LogP contribution in [-0.2, 0) is 16.1 Å². The molecule has 0 aliphatic heterocycles. The lowest BCUT2D eigenvalue weighted by atomic mass is 9.49. The van der Waals surface area contributed by atoms with Crippen molar-refractivity contribution in [1.82, 2.24) is 4.57 Å². The smallest absolute Gasteiger partial charge is 0.254 e. The van der Waals surface area contributed by atoms with E-state index in [9.17, 15) is 9.18 Å². The highest BCUT2D eigenvalue weighted by molar-refractivity contribution is 7.12. The topological polar surface area (TPSA) is 43.6 Å². The van der Waals surface area contributed by atoms with Gasteiger partial charge in [-0.3, -0.25) is 4.79 Å². The summed E-state index contributed by atoms with van der Waals surface area (Å²) in [5.74, 6) is 1.99. The number of carbonyl (C=O) groups is 1. The summed E-state index contributed by atoms with van der Waals surface area (Å²) >= 11 is 1.50. The van der Waals surface area contributed by atoms with Gasteiger partial charge in [0, 0.05) is 19.9 Å². The fourth-order valence-electron chi connectivity index (χ4n) is 6.14. The number of halogens is 1. The minimum Gasteiger partial charge on any atom is -0.383 e. The lowest BCUT2D eigenvalue weighted by Gasteiger charge is -2.55. The van der Waals surface area contributed by atoms with Crippen molar-refractivity contribution < 1.29 is 13.9 Å². The molecular formula is C23H27FN2O2S. The molecule has 0 atom stereocenters. The number of nitrogens with zero attached hydrogens (tertiary/aromatic N) is 2. The maximum atomic E-state index is 13.4. The van der Waals surface area contributed by atoms with Gasteiger partial charge < -0.3 is 9.30 Å². The summed E-state index contributed by atoms with van der Waals surface area (Å²) in [6, 6.07) is 6.47. The molecule has 1 amide bonds. The Bertz CT molecular complexity index is 940. The average Bonchev–Trinajstić information content (AvgIpc) is 3.08. The molecule has 4 fully saturated rings. The number of rotatable bonds is 5. The number of amides is 1. The van der Waals surface area contributed by atoms with Crippen LogP contribution in [0, 0.1) is 29.0 Å². The minimum atomic E-state index is -0.250. The van der Waals surface area contributed by atoms with E-state index in [-0.39, 0.29) is 17.1 Å². The van der Waals surface area contributed by atoms with Gasteiger partial charge in [-0.25, -0.2) is 4.39 Å². The van der Waals surface area contributed by atoms with Crippen molar-refractivity contribution in [1.29, 1.82) is 0 Å². The number of ether oxygens (including phenoxy) is 1. The normalized spacial score (nSPS) is 30.8. The highest BCUT2D eigenvalue weighted by Crippen LogP contribution is 2.60. The van der Waals surface area contributed by atoms with Crippen LogP contribution < -0.4 is 4.80 Å². The quantitative estimate of drug-likeness (QED) is 0.715. The van der Waals surface area contributed by atoms with E-state index in [1.807, 2.05) is 10.8 Å². The SMILES string of the molecule is COCCn1cc(-c2ccc(F)cc2)sc1=NC(=O)C12CC3CC(CC(C3)C1)C2. The zero-order valence-corrected chi connectivity index (χ0v) is 17.6. The summed E-state index contributed by atoms with van der Waals surface area (Å²) in [5.41, 5.74) is 0.708. The summed E-state index contributed by atoms with van der Waals surface area (Å²) in [4.78, 5) is 19.8. The van der Waals surface area contributed by atoms with Gasteiger partial charge in [-0.1, -0.05) is 23.5 Å². The molecule has 1 aromatic heterocycles. The second-order valence-electron chi connectivity index (χ2n) is 9.19. The number of carbonyl (C=O) groups excluding carboxylic acids is 1. The Morgan fingerprint density at radius 3 is 2.38 bits per heavy atom. The van der Waals surface area contributed by atoms with Crippen molar-refractivity contribution >= 4 is 17.2 Å². The Morgan fingerprint density at radius 1 is 1.17 bits per heavy atom. The first-order valence-electron chi connectivity index (χ1n) is 10.6. The van der Waals surface area contributed by atoms with Gasteiger partial charge in [-0.2, -0.15) is 4.99 Å². The molecule has 4 bridgehead atoms. The van der Waals surface area contributed by atoms with Gasteiger partial charge in [0.15, 0.2) is 4.80 Å². The third-order valence-corrected chi connectivity index (χ3v) is 8.14. The molecule has 1 aromatic carbocycles. The van der Waals surface area contributed by atoms with Gasteiger partial charge in [-0.15, -0.1) is 0 Å². The van der Waals surface area contributed by atoms with Gasteiger partial charge in [0.1, 0.15) is 5.82 Å². The number of benzene rings is 1. The first-order valence-corrected chi connectivity index (χ1v) is 11.4. The molecule has 0 radical (unpaired) electrons. The van der Waals surface area contributed by atoms with Crippen molar-refractivity contribution in [3.05, 3.63) is 41.1 Å². The van der Waals surface area contributed by atoms with Gasteiger partial charge in [-0.05, 0) is 74.0 Å². The molecule has 6 rings (SSSR count). The molecule has 4 aliphatic carbocycles. The van der Waals surface area contributed by atoms with E-state index in [2.05, 4.69) is 4.99 Å². The third kappa shape index (κ3) is 3.61. The van der Waals surface area contributed by atoms with Crippen molar-refractivity contribution in [3.63, 3.8) is 0 Å². The molecule has 0 spiro atoms. The Kier molecular flexibility index (Phi) is 4.95. The fourth-order valence-corrected chi connectivity index (χ4v) is 7.16. The van der Waals surface area contributed by atoms with Crippen LogP contribution >= 0.6 is 11.3 Å². The average molecular weight is 415 g/mol. The summed E-state index contributed by atoms with van der Waals surface area (Å²) in [7, 11) is 1.67. The third-order valence-electron chi connectivity index (χ3n) is 7.07. The van der Waals surface area contributed by atoms with Crippen molar-refractivity contribution in [2.24, 2.45) is 28.2 Å². The lowest BCUT2D eigenvalue weighted by Crippen LogP contribution is -2.49. The molecule has 1 heterocycles. The molecule has 29 heavy (non-hydrogen) atoms. The van der Waals surface area contributed by atoms with E-state index in [0.717, 1.165) is 52.3 Å². The van der Waals surface area contributed by atoms with Crippen molar-refractivity contribution in [2.45, 2.75) is 45.1 Å². The molecule has 0 saturated heterocycles. The van der Waals surface area contributed by atoms with Crippen LogP contribution in [0.15, 0.2) is 35.5 Å². The summed E-state index contributed by atoms with van der Waals surface area (Å²) in [6.07, 6.45) is 9.01. The van der Waals surface area contributed by atoms with Gasteiger partial charge in [0.25, 0.3) is 5.91 Å². The Hall–Kier alpha value is -1.79. The molecule has 154 valence electrons. The molecule has 4 nitrogen and oxygen atoms in total. The number of methoxy groups -OCH3 is 1. The van der Waals surface area contributed by atoms with E-state index in [1.165, 1.54) is 42.7 Å². The predicted octanol–water partition coefficient (Wildman–Crippen LogP) is 4.65. The summed E-state index contributed by atoms with van der Waals surface area (Å²) in [5, 5.41) is 0. The highest BCUT2D eigenvalue weighted by atomic mass is 32.1. The zero-order valence-electron chi connectivity index (χ0n) is 16.8. The molecule has 0 N–H and O–H groups in total. The Balaban J connectivity index is 1.49. The van der Waals surface area contributed by atoms with E-state index < -0.39 is 0 Å². The fraction of sp³-hybridized carbons (Fsp3) is 0.565. The zero-order chi connectivity index (χ0) is 20.0. The van der Waals surface area contributed by atoms with Crippen LogP contribution in [0.2, 0.25) is 0 Å². The monoisotopic (exact) mass is 414 g/mol. The highest BCUT2D eigenvalue weighted by Gasteiger charge is 2.54. The molecule has 6 heteroatoms. The second kappa shape index (κ2) is 7.47. The van der Waals surface area contributed by atoms with Crippen molar-refractivity contribution in [2.75, 3.05) is 13.7 Å². The number of hydrogen-bond acceptors (Lipinski definition) is 3. The predicted molar refractivity (Wildman–Crippen MR) is 111 cm³/mol. The standard InChI is InChI=1S/C23H27FN2O2S/c1-28-7-6-26-14-20(18-2-4-19(24)5-3-18)29-22(26)25-21(27)23-11-15-8-16(12-23)10-17(9-15)13-23/h2-5,14-17H,6-13H2,1H3. The van der Waals surface area contributed by atoms with Crippen LogP contribution in [-0.4, -0.2) is 24.2 Å². The Labute approximate surface area is 174 Å². The molecule has 2 aromatic rings. The van der Waals surface area contributed by atoms with Crippen molar-refractivity contribution in [3.8, 4) is 10.4 Å². The van der Waals surface area contributed by atoms with Gasteiger partial charge >= 0.3 is 0 Å². The van der Waals surface area contributed by atoms with Crippen LogP contribution in [0.25, 0.3) is 10.4 Å². The van der Waals surface area contributed by atoms with E-state index in [1.54, 1.807) is 19.2 Å². The largest absolute Gasteiger partial charge is 0.383 e. The lowest BCUT2D eigenvalue weighted by molar-refractivity contribution is -0.142. The first-order chi connectivity index (χ1) is 14.0. The summed E-state index contributed by atoms with van der Waals surface area (Å²) < 4.78 is 20.6. The van der Waals surface area contributed by atoms with Gasteiger partial charge in [0.05, 0.1) is 16.9 Å². The van der Waals surface area contributed by atoms with E-state index in [4.69, 9.17) is 4.74 Å². The summed E-state index contributed by atoms with van der Waals surface area (Å²) in [6.45, 7) is 1.19. The van der Waals surface area contributed by atoms with E-state index >= 15 is 0 Å².